The molecule has 0 saturated carbocycles. The zero-order valence-corrected chi connectivity index (χ0v) is 14.2. The van der Waals surface area contributed by atoms with Crippen molar-refractivity contribution in [1.29, 1.82) is 5.26 Å². The van der Waals surface area contributed by atoms with Gasteiger partial charge in [-0.1, -0.05) is 10.3 Å². The quantitative estimate of drug-likeness (QED) is 0.388. The van der Waals surface area contributed by atoms with Crippen molar-refractivity contribution in [1.82, 2.24) is 15.3 Å². The van der Waals surface area contributed by atoms with Gasteiger partial charge in [-0.2, -0.15) is 5.26 Å². The second kappa shape index (κ2) is 6.74. The van der Waals surface area contributed by atoms with Crippen LogP contribution in [0.15, 0.2) is 50.2 Å². The van der Waals surface area contributed by atoms with Crippen molar-refractivity contribution < 1.29 is 18.8 Å². The van der Waals surface area contributed by atoms with Crippen molar-refractivity contribution in [3.63, 3.8) is 0 Å². The Morgan fingerprint density at radius 1 is 1.21 bits per heavy atom. The number of fused-ring (bicyclic) bond motifs is 1. The summed E-state index contributed by atoms with van der Waals surface area (Å²) in [5.41, 5.74) is 0.467. The number of aromatic amines is 1. The number of anilines is 1. The lowest BCUT2D eigenvalue weighted by molar-refractivity contribution is -0.384. The van der Waals surface area contributed by atoms with Gasteiger partial charge in [-0.3, -0.25) is 24.4 Å². The number of benzene rings is 2. The first-order chi connectivity index (χ1) is 14.0. The highest BCUT2D eigenvalue weighted by molar-refractivity contribution is 6.12. The third-order valence-electron chi connectivity index (χ3n) is 3.97. The fourth-order valence-electron chi connectivity index (χ4n) is 2.65. The second-order valence-electron chi connectivity index (χ2n) is 5.74. The van der Waals surface area contributed by atoms with Crippen LogP contribution < -0.4 is 11.1 Å². The average Bonchev–Trinajstić information content (AvgIpc) is 3.33. The van der Waals surface area contributed by atoms with Crippen molar-refractivity contribution in [3.05, 3.63) is 68.3 Å². The van der Waals surface area contributed by atoms with Crippen molar-refractivity contribution in [3.8, 4) is 17.5 Å². The molecule has 0 saturated heterocycles. The monoisotopic (exact) mass is 392 g/mol. The van der Waals surface area contributed by atoms with E-state index in [1.165, 1.54) is 36.4 Å². The predicted molar refractivity (Wildman–Crippen MR) is 95.9 cm³/mol. The van der Waals surface area contributed by atoms with E-state index in [1.54, 1.807) is 0 Å². The number of hydrogen-bond donors (Lipinski definition) is 2. The molecule has 2 N–H and O–H groups in total. The van der Waals surface area contributed by atoms with E-state index in [0.29, 0.717) is 0 Å². The topological polar surface area (TPSA) is 181 Å². The molecule has 0 aliphatic heterocycles. The number of nitrogens with one attached hydrogen (secondary N) is 2. The lowest BCUT2D eigenvalue weighted by atomic mass is 10.1. The molecule has 0 aliphatic rings. The first-order valence-electron chi connectivity index (χ1n) is 7.92. The number of non-ortho nitro benzene ring substituents is 1. The van der Waals surface area contributed by atoms with Crippen LogP contribution in [0.4, 0.5) is 11.4 Å². The number of nitrogens with zero attached hydrogens (tertiary/aromatic N) is 4. The maximum absolute atomic E-state index is 12.7. The minimum atomic E-state index is -0.811. The summed E-state index contributed by atoms with van der Waals surface area (Å²) >= 11 is 0. The fourth-order valence-corrected chi connectivity index (χ4v) is 2.65. The zero-order chi connectivity index (χ0) is 20.5. The molecule has 142 valence electrons. The highest BCUT2D eigenvalue weighted by Crippen LogP contribution is 2.28. The Labute approximate surface area is 159 Å². The first kappa shape index (κ1) is 17.6. The van der Waals surface area contributed by atoms with Crippen LogP contribution in [0.2, 0.25) is 0 Å². The lowest BCUT2D eigenvalue weighted by Gasteiger charge is -2.08. The summed E-state index contributed by atoms with van der Waals surface area (Å²) in [6.45, 7) is 0. The molecule has 0 spiro atoms. The number of aromatic nitrogens is 3. The number of nitriles is 1. The van der Waals surface area contributed by atoms with Gasteiger partial charge in [0.15, 0.2) is 17.1 Å². The van der Waals surface area contributed by atoms with Gasteiger partial charge in [0.2, 0.25) is 0 Å². The normalized spacial score (nSPS) is 10.6. The van der Waals surface area contributed by atoms with E-state index in [2.05, 4.69) is 25.1 Å². The molecule has 12 heteroatoms. The minimum absolute atomic E-state index is 0.00282. The van der Waals surface area contributed by atoms with E-state index in [-0.39, 0.29) is 45.0 Å². The van der Waals surface area contributed by atoms with Gasteiger partial charge in [0.1, 0.15) is 0 Å². The third-order valence-corrected chi connectivity index (χ3v) is 3.97. The number of amides is 1. The van der Waals surface area contributed by atoms with Gasteiger partial charge in [-0.25, -0.2) is 4.79 Å². The molecule has 0 radical (unpaired) electrons. The fraction of sp³-hybridized carbons (Fsp3) is 0. The number of nitro benzene ring substituents is 1. The van der Waals surface area contributed by atoms with Crippen LogP contribution in [-0.2, 0) is 0 Å². The van der Waals surface area contributed by atoms with E-state index in [9.17, 15) is 19.7 Å². The molecule has 0 atom stereocenters. The Balaban J connectivity index is 1.75. The van der Waals surface area contributed by atoms with Crippen LogP contribution >= 0.6 is 0 Å². The van der Waals surface area contributed by atoms with Gasteiger partial charge in [-0.05, 0) is 24.3 Å². The molecule has 0 fully saturated rings. The van der Waals surface area contributed by atoms with Crippen LogP contribution in [-0.4, -0.2) is 26.1 Å². The third kappa shape index (κ3) is 3.19. The standard InChI is InChI=1S/C17H8N6O6/c18-7-8-1-3-12(10(5-8)15-20-17(25)29-22-15)19-16(24)14-11-6-9(23(26)27)2-4-13(11)28-21-14/h1-6H,(H,19,24)(H,20,22,25). The van der Waals surface area contributed by atoms with E-state index >= 15 is 0 Å². The van der Waals surface area contributed by atoms with Gasteiger partial charge in [0.05, 0.1) is 27.6 Å². The predicted octanol–water partition coefficient (Wildman–Crippen LogP) is 2.20. The highest BCUT2D eigenvalue weighted by atomic mass is 16.6. The molecule has 12 nitrogen and oxygen atoms in total. The SMILES string of the molecule is N#Cc1ccc(NC(=O)c2noc3ccc([N+](=O)[O-])cc23)c(-c2noc(=O)[nH]2)c1. The number of nitro groups is 1. The Morgan fingerprint density at radius 3 is 2.72 bits per heavy atom. The Bertz CT molecular complexity index is 1380. The molecule has 29 heavy (non-hydrogen) atoms. The number of carbonyl (C=O) groups is 1. The zero-order valence-electron chi connectivity index (χ0n) is 14.2. The van der Waals surface area contributed by atoms with Gasteiger partial charge in [0.25, 0.3) is 11.6 Å². The second-order valence-corrected chi connectivity index (χ2v) is 5.74. The maximum Gasteiger partial charge on any atom is 0.439 e. The molecule has 4 aromatic rings. The van der Waals surface area contributed by atoms with Crippen LogP contribution in [0.5, 0.6) is 0 Å². The van der Waals surface area contributed by atoms with E-state index in [4.69, 9.17) is 9.78 Å². The Hall–Kier alpha value is -4.79. The maximum atomic E-state index is 12.7. The van der Waals surface area contributed by atoms with Crippen LogP contribution in [0.3, 0.4) is 0 Å². The molecule has 2 aromatic heterocycles. The van der Waals surface area contributed by atoms with E-state index < -0.39 is 16.6 Å². The van der Waals surface area contributed by atoms with Crippen LogP contribution in [0.1, 0.15) is 16.1 Å². The first-order valence-corrected chi connectivity index (χ1v) is 7.92. The molecule has 4 rings (SSSR count). The van der Waals surface area contributed by atoms with Gasteiger partial charge in [-0.15, -0.1) is 0 Å². The van der Waals surface area contributed by atoms with E-state index in [1.807, 2.05) is 6.07 Å². The summed E-state index contributed by atoms with van der Waals surface area (Å²) in [5.74, 6) is -1.53. The number of hydrogen-bond acceptors (Lipinski definition) is 9. The van der Waals surface area contributed by atoms with Gasteiger partial charge < -0.3 is 9.84 Å². The number of carbonyl (C=O) groups excluding carboxylic acids is 1. The summed E-state index contributed by atoms with van der Waals surface area (Å²) in [6.07, 6.45) is 0. The molecule has 0 bridgehead atoms. The minimum Gasteiger partial charge on any atom is -0.355 e. The Morgan fingerprint density at radius 2 is 2.03 bits per heavy atom. The van der Waals surface area contributed by atoms with Crippen molar-refractivity contribution >= 4 is 28.3 Å². The number of H-pyrrole nitrogens is 1. The molecular weight excluding hydrogens is 384 g/mol. The summed E-state index contributed by atoms with van der Waals surface area (Å²) in [7, 11) is 0. The molecule has 1 amide bonds. The summed E-state index contributed by atoms with van der Waals surface area (Å²) < 4.78 is 9.52. The molecule has 2 heterocycles. The lowest BCUT2D eigenvalue weighted by Crippen LogP contribution is -2.13. The molecular formula is C17H8N6O6. The molecule has 0 aliphatic carbocycles. The Kier molecular flexibility index (Phi) is 4.10. The summed E-state index contributed by atoms with van der Waals surface area (Å²) in [4.78, 5) is 36.7. The van der Waals surface area contributed by atoms with Gasteiger partial charge in [0, 0.05) is 17.7 Å². The van der Waals surface area contributed by atoms with E-state index in [0.717, 1.165) is 0 Å². The highest BCUT2D eigenvalue weighted by Gasteiger charge is 2.21. The van der Waals surface area contributed by atoms with Crippen LogP contribution in [0.25, 0.3) is 22.4 Å². The summed E-state index contributed by atoms with van der Waals surface area (Å²) in [6, 6.07) is 9.96. The average molecular weight is 392 g/mol. The van der Waals surface area contributed by atoms with Crippen molar-refractivity contribution in [2.45, 2.75) is 0 Å². The molecule has 2 aromatic carbocycles. The summed E-state index contributed by atoms with van der Waals surface area (Å²) in [5, 5.41) is 30.0. The largest absolute Gasteiger partial charge is 0.439 e. The smallest absolute Gasteiger partial charge is 0.355 e. The van der Waals surface area contributed by atoms with Crippen molar-refractivity contribution in [2.24, 2.45) is 0 Å². The van der Waals surface area contributed by atoms with Crippen LogP contribution in [0, 0.1) is 21.4 Å². The number of rotatable bonds is 4. The molecule has 0 unspecified atom stereocenters. The van der Waals surface area contributed by atoms with Crippen molar-refractivity contribution in [2.75, 3.05) is 5.32 Å². The van der Waals surface area contributed by atoms with Gasteiger partial charge >= 0.3 is 5.76 Å².